The van der Waals surface area contributed by atoms with Gasteiger partial charge in [0.2, 0.25) is 0 Å². The Labute approximate surface area is 166 Å². The normalized spacial score (nSPS) is 11.8. The lowest BCUT2D eigenvalue weighted by atomic mass is 10.1. The van der Waals surface area contributed by atoms with Crippen LogP contribution in [0.2, 0.25) is 0 Å². The van der Waals surface area contributed by atoms with E-state index in [1.165, 1.54) is 17.7 Å². The van der Waals surface area contributed by atoms with Crippen molar-refractivity contribution in [2.75, 3.05) is 5.32 Å². The molecule has 2 heterocycles. The molecule has 4 rings (SSSR count). The zero-order valence-electron chi connectivity index (χ0n) is 15.1. The van der Waals surface area contributed by atoms with Gasteiger partial charge in [-0.1, -0.05) is 42.5 Å². The number of urea groups is 1. The molecule has 4 aromatic rings. The SMILES string of the molecule is CC(NC(=O)Nc1nc(-c2ccccc2)cs1)c1ccc(-n2cncn2)cc1. The lowest BCUT2D eigenvalue weighted by Gasteiger charge is -2.14. The summed E-state index contributed by atoms with van der Waals surface area (Å²) in [4.78, 5) is 20.7. The molecule has 0 bridgehead atoms. The van der Waals surface area contributed by atoms with Crippen molar-refractivity contribution in [1.29, 1.82) is 0 Å². The number of aromatic nitrogens is 4. The van der Waals surface area contributed by atoms with E-state index in [0.717, 1.165) is 22.5 Å². The third-order valence-electron chi connectivity index (χ3n) is 4.22. The zero-order chi connectivity index (χ0) is 19.3. The molecule has 0 saturated carbocycles. The summed E-state index contributed by atoms with van der Waals surface area (Å²) in [5.74, 6) is 0. The lowest BCUT2D eigenvalue weighted by molar-refractivity contribution is 0.249. The van der Waals surface area contributed by atoms with Gasteiger partial charge in [-0.25, -0.2) is 19.4 Å². The van der Waals surface area contributed by atoms with Gasteiger partial charge >= 0.3 is 6.03 Å². The topological polar surface area (TPSA) is 84.7 Å². The van der Waals surface area contributed by atoms with Gasteiger partial charge in [0.1, 0.15) is 12.7 Å². The van der Waals surface area contributed by atoms with E-state index >= 15 is 0 Å². The van der Waals surface area contributed by atoms with E-state index in [-0.39, 0.29) is 12.1 Å². The van der Waals surface area contributed by atoms with Crippen LogP contribution in [-0.2, 0) is 0 Å². The maximum absolute atomic E-state index is 12.3. The van der Waals surface area contributed by atoms with Gasteiger partial charge in [0.05, 0.1) is 17.4 Å². The van der Waals surface area contributed by atoms with E-state index in [9.17, 15) is 4.79 Å². The second-order valence-electron chi connectivity index (χ2n) is 6.16. The lowest BCUT2D eigenvalue weighted by Crippen LogP contribution is -2.31. The van der Waals surface area contributed by atoms with Crippen molar-refractivity contribution >= 4 is 22.5 Å². The highest BCUT2D eigenvalue weighted by Crippen LogP contribution is 2.24. The van der Waals surface area contributed by atoms with E-state index < -0.39 is 0 Å². The summed E-state index contributed by atoms with van der Waals surface area (Å²) in [6.07, 6.45) is 3.13. The van der Waals surface area contributed by atoms with Crippen molar-refractivity contribution < 1.29 is 4.79 Å². The molecule has 28 heavy (non-hydrogen) atoms. The van der Waals surface area contributed by atoms with Crippen LogP contribution < -0.4 is 10.6 Å². The van der Waals surface area contributed by atoms with E-state index in [2.05, 4.69) is 25.7 Å². The maximum Gasteiger partial charge on any atom is 0.321 e. The number of benzene rings is 2. The molecule has 0 aliphatic rings. The van der Waals surface area contributed by atoms with E-state index in [1.54, 1.807) is 11.0 Å². The Morgan fingerprint density at radius 3 is 2.61 bits per heavy atom. The first-order valence-corrected chi connectivity index (χ1v) is 9.60. The highest BCUT2D eigenvalue weighted by Gasteiger charge is 2.12. The quantitative estimate of drug-likeness (QED) is 0.533. The number of carbonyl (C=O) groups is 1. The van der Waals surface area contributed by atoms with Crippen LogP contribution in [0.15, 0.2) is 72.6 Å². The number of hydrogen-bond acceptors (Lipinski definition) is 5. The van der Waals surface area contributed by atoms with Gasteiger partial charge in [-0.15, -0.1) is 11.3 Å². The first kappa shape index (κ1) is 17.9. The Hall–Kier alpha value is -3.52. The van der Waals surface area contributed by atoms with Gasteiger partial charge in [0.25, 0.3) is 0 Å². The van der Waals surface area contributed by atoms with Crippen LogP contribution in [-0.4, -0.2) is 25.8 Å². The van der Waals surface area contributed by atoms with Crippen LogP contribution in [0.25, 0.3) is 16.9 Å². The zero-order valence-corrected chi connectivity index (χ0v) is 15.9. The molecule has 7 nitrogen and oxygen atoms in total. The van der Waals surface area contributed by atoms with E-state index in [0.29, 0.717) is 5.13 Å². The fraction of sp³-hybridized carbons (Fsp3) is 0.100. The van der Waals surface area contributed by atoms with Gasteiger partial charge in [-0.05, 0) is 24.6 Å². The first-order valence-electron chi connectivity index (χ1n) is 8.72. The molecule has 0 aliphatic carbocycles. The standard InChI is InChI=1S/C20H18N6OS/c1-14(15-7-9-17(10-8-15)26-13-21-12-22-26)23-19(27)25-20-24-18(11-28-20)16-5-3-2-4-6-16/h2-14H,1H3,(H2,23,24,25,27). The summed E-state index contributed by atoms with van der Waals surface area (Å²) in [7, 11) is 0. The van der Waals surface area contributed by atoms with Crippen LogP contribution >= 0.6 is 11.3 Å². The number of rotatable bonds is 5. The molecule has 0 fully saturated rings. The number of thiazole rings is 1. The van der Waals surface area contributed by atoms with Crippen LogP contribution in [0.5, 0.6) is 0 Å². The largest absolute Gasteiger partial charge is 0.331 e. The predicted molar refractivity (Wildman–Crippen MR) is 109 cm³/mol. The van der Waals surface area contributed by atoms with Crippen LogP contribution in [0.1, 0.15) is 18.5 Å². The number of carbonyl (C=O) groups excluding carboxylic acids is 1. The molecule has 2 aromatic heterocycles. The third kappa shape index (κ3) is 4.07. The van der Waals surface area contributed by atoms with Crippen LogP contribution in [0.3, 0.4) is 0 Å². The monoisotopic (exact) mass is 390 g/mol. The number of nitrogens with zero attached hydrogens (tertiary/aromatic N) is 4. The van der Waals surface area contributed by atoms with Gasteiger partial charge in [-0.2, -0.15) is 5.10 Å². The Morgan fingerprint density at radius 2 is 1.89 bits per heavy atom. The fourth-order valence-corrected chi connectivity index (χ4v) is 3.46. The number of hydrogen-bond donors (Lipinski definition) is 2. The van der Waals surface area contributed by atoms with Gasteiger partial charge in [0, 0.05) is 10.9 Å². The summed E-state index contributed by atoms with van der Waals surface area (Å²) < 4.78 is 1.68. The average Bonchev–Trinajstić information content (AvgIpc) is 3.41. The highest BCUT2D eigenvalue weighted by atomic mass is 32.1. The van der Waals surface area contributed by atoms with Crippen LogP contribution in [0.4, 0.5) is 9.93 Å². The number of nitrogens with one attached hydrogen (secondary N) is 2. The van der Waals surface area contributed by atoms with Crippen molar-refractivity contribution in [3.63, 3.8) is 0 Å². The maximum atomic E-state index is 12.3. The summed E-state index contributed by atoms with van der Waals surface area (Å²) >= 11 is 1.40. The van der Waals surface area contributed by atoms with E-state index in [4.69, 9.17) is 0 Å². The summed E-state index contributed by atoms with van der Waals surface area (Å²) in [6, 6.07) is 17.2. The molecule has 2 N–H and O–H groups in total. The minimum absolute atomic E-state index is 0.154. The Kier molecular flexibility index (Phi) is 5.11. The van der Waals surface area contributed by atoms with Gasteiger partial charge in [-0.3, -0.25) is 5.32 Å². The van der Waals surface area contributed by atoms with Crippen molar-refractivity contribution in [3.8, 4) is 16.9 Å². The Balaban J connectivity index is 1.36. The van der Waals surface area contributed by atoms with Gasteiger partial charge in [0.15, 0.2) is 5.13 Å². The van der Waals surface area contributed by atoms with E-state index in [1.807, 2.05) is 66.9 Å². The van der Waals surface area contributed by atoms with Crippen molar-refractivity contribution in [1.82, 2.24) is 25.1 Å². The van der Waals surface area contributed by atoms with Crippen molar-refractivity contribution in [3.05, 3.63) is 78.2 Å². The highest BCUT2D eigenvalue weighted by molar-refractivity contribution is 7.14. The molecule has 0 radical (unpaired) electrons. The first-order chi connectivity index (χ1) is 13.7. The van der Waals surface area contributed by atoms with Crippen LogP contribution in [0, 0.1) is 0 Å². The van der Waals surface area contributed by atoms with Gasteiger partial charge < -0.3 is 5.32 Å². The smallest absolute Gasteiger partial charge is 0.321 e. The fourth-order valence-electron chi connectivity index (χ4n) is 2.74. The molecule has 8 heteroatoms. The summed E-state index contributed by atoms with van der Waals surface area (Å²) in [5, 5.41) is 12.3. The molecule has 140 valence electrons. The predicted octanol–water partition coefficient (Wildman–Crippen LogP) is 4.27. The molecular weight excluding hydrogens is 372 g/mol. The minimum atomic E-state index is -0.290. The second-order valence-corrected chi connectivity index (χ2v) is 7.01. The molecule has 1 unspecified atom stereocenters. The van der Waals surface area contributed by atoms with Crippen molar-refractivity contribution in [2.45, 2.75) is 13.0 Å². The minimum Gasteiger partial charge on any atom is -0.331 e. The molecule has 0 aliphatic heterocycles. The molecular formula is C20H18N6OS. The third-order valence-corrected chi connectivity index (χ3v) is 4.98. The molecule has 0 spiro atoms. The molecule has 1 atom stereocenters. The molecule has 2 aromatic carbocycles. The second kappa shape index (κ2) is 8.01. The Bertz CT molecular complexity index is 1040. The Morgan fingerprint density at radius 1 is 1.11 bits per heavy atom. The van der Waals surface area contributed by atoms with Crippen molar-refractivity contribution in [2.24, 2.45) is 0 Å². The summed E-state index contributed by atoms with van der Waals surface area (Å²) in [5.41, 5.74) is 3.77. The average molecular weight is 390 g/mol. The number of anilines is 1. The summed E-state index contributed by atoms with van der Waals surface area (Å²) in [6.45, 7) is 1.93. The molecule has 2 amide bonds. The molecule has 0 saturated heterocycles. The number of amides is 2.